The molecule has 2 aliphatic rings. The number of nitrogens with zero attached hydrogens (tertiary/aromatic N) is 3. The largest absolute Gasteiger partial charge is 0.456 e. The zero-order valence-electron chi connectivity index (χ0n) is 69.2. The van der Waals surface area contributed by atoms with Gasteiger partial charge in [0.2, 0.25) is 0 Å². The maximum atomic E-state index is 7.25. The second kappa shape index (κ2) is 25.9. The van der Waals surface area contributed by atoms with E-state index in [1.165, 1.54) is 82.8 Å². The van der Waals surface area contributed by atoms with Crippen molar-refractivity contribution in [1.82, 2.24) is 4.57 Å². The van der Waals surface area contributed by atoms with Crippen molar-refractivity contribution in [3.05, 3.63) is 300 Å². The van der Waals surface area contributed by atoms with Crippen LogP contribution >= 0.6 is 0 Å². The van der Waals surface area contributed by atoms with Gasteiger partial charge < -0.3 is 18.8 Å². The highest BCUT2D eigenvalue weighted by molar-refractivity contribution is 7.00. The van der Waals surface area contributed by atoms with Crippen LogP contribution in [0.1, 0.15) is 184 Å². The third kappa shape index (κ3) is 12.8. The Balaban J connectivity index is 1.11. The van der Waals surface area contributed by atoms with Gasteiger partial charge in [0.15, 0.2) is 0 Å². The SMILES string of the molecule is CC(C)(C)c1cc(-c2ccc3c(c2)N(c2c(-c4ccccc4)cc(C(C)(C)C)cc2-c2ccccc2)c2cc(-n4c5ccc(C(C)(C)C)cc5c5cc(C(C)(C)C)ccc54)cc4c2B3c2ccc(-c3cc(C(C)(C)C)cc(C(C)(C)C)c3)cc2N4c2cc(-c3ccccc3)cc3oc4ccccc4c23)cc(C(C)(C)C)c1. The van der Waals surface area contributed by atoms with E-state index in [1.54, 1.807) is 0 Å². The first kappa shape index (κ1) is 73.0. The zero-order valence-corrected chi connectivity index (χ0v) is 69.2. The van der Waals surface area contributed by atoms with Crippen molar-refractivity contribution < 1.29 is 4.42 Å². The molecule has 111 heavy (non-hydrogen) atoms. The Hall–Kier alpha value is -10.9. The van der Waals surface area contributed by atoms with Gasteiger partial charge in [-0.3, -0.25) is 0 Å². The van der Waals surface area contributed by atoms with Gasteiger partial charge in [0, 0.05) is 50.0 Å². The average Bonchev–Trinajstić information content (AvgIpc) is 1.57. The summed E-state index contributed by atoms with van der Waals surface area (Å²) in [5.74, 6) is 0. The summed E-state index contributed by atoms with van der Waals surface area (Å²) in [6.07, 6.45) is 0. The van der Waals surface area contributed by atoms with Crippen molar-refractivity contribution in [1.29, 1.82) is 0 Å². The number of hydrogen-bond acceptors (Lipinski definition) is 3. The van der Waals surface area contributed by atoms with Crippen LogP contribution in [0, 0.1) is 0 Å². The van der Waals surface area contributed by atoms with Gasteiger partial charge in [0.25, 0.3) is 6.71 Å². The molecule has 15 aromatic rings. The van der Waals surface area contributed by atoms with Crippen LogP contribution < -0.4 is 26.2 Å². The number of aromatic nitrogens is 1. The lowest BCUT2D eigenvalue weighted by Crippen LogP contribution is -2.61. The molecule has 0 N–H and O–H groups in total. The van der Waals surface area contributed by atoms with Gasteiger partial charge in [0.05, 0.1) is 33.5 Å². The van der Waals surface area contributed by atoms with Crippen LogP contribution in [0.4, 0.5) is 34.1 Å². The Labute approximate surface area is 659 Å². The minimum atomic E-state index is -0.272. The summed E-state index contributed by atoms with van der Waals surface area (Å²) in [6.45, 7) is 49.2. The number of benzene rings is 13. The Bertz CT molecular complexity index is 6040. The van der Waals surface area contributed by atoms with E-state index in [2.05, 4.69) is 421 Å². The van der Waals surface area contributed by atoms with E-state index in [4.69, 9.17) is 4.42 Å². The van der Waals surface area contributed by atoms with E-state index in [0.717, 1.165) is 112 Å². The maximum absolute atomic E-state index is 7.25. The van der Waals surface area contributed by atoms with Crippen molar-refractivity contribution >= 4 is 101 Å². The molecule has 0 aliphatic carbocycles. The molecule has 0 saturated carbocycles. The second-order valence-electron chi connectivity index (χ2n) is 39.2. The summed E-state index contributed by atoms with van der Waals surface area (Å²) < 4.78 is 9.87. The lowest BCUT2D eigenvalue weighted by Gasteiger charge is -2.46. The Morgan fingerprint density at radius 1 is 0.252 bits per heavy atom. The Morgan fingerprint density at radius 2 is 0.631 bits per heavy atom. The molecule has 0 amide bonds. The summed E-state index contributed by atoms with van der Waals surface area (Å²) in [6, 6.07) is 102. The molecule has 0 unspecified atom stereocenters. The van der Waals surface area contributed by atoms with Gasteiger partial charge in [-0.05, 0) is 217 Å². The fourth-order valence-corrected chi connectivity index (χ4v) is 17.3. The topological polar surface area (TPSA) is 24.6 Å². The smallest absolute Gasteiger partial charge is 0.252 e. The number of para-hydroxylation sites is 1. The van der Waals surface area contributed by atoms with E-state index in [-0.39, 0.29) is 44.6 Å². The number of rotatable bonds is 8. The van der Waals surface area contributed by atoms with Gasteiger partial charge in [-0.1, -0.05) is 327 Å². The lowest BCUT2D eigenvalue weighted by atomic mass is 9.33. The third-order valence-electron chi connectivity index (χ3n) is 24.0. The molecule has 0 radical (unpaired) electrons. The number of hydrogen-bond donors (Lipinski definition) is 0. The first-order chi connectivity index (χ1) is 52.4. The summed E-state index contributed by atoms with van der Waals surface area (Å²) >= 11 is 0. The fourth-order valence-electron chi connectivity index (χ4n) is 17.3. The van der Waals surface area contributed by atoms with E-state index < -0.39 is 0 Å². The molecular weight excluding hydrogens is 1340 g/mol. The average molecular weight is 1450 g/mol. The van der Waals surface area contributed by atoms with Crippen molar-refractivity contribution in [3.8, 4) is 61.3 Å². The second-order valence-corrected chi connectivity index (χ2v) is 39.2. The quantitative estimate of drug-likeness (QED) is 0.142. The molecule has 5 heteroatoms. The lowest BCUT2D eigenvalue weighted by molar-refractivity contribution is 0.568. The first-order valence-corrected chi connectivity index (χ1v) is 40.2. The van der Waals surface area contributed by atoms with E-state index >= 15 is 0 Å². The predicted octanol–water partition coefficient (Wildman–Crippen LogP) is 28.2. The van der Waals surface area contributed by atoms with Gasteiger partial charge in [-0.25, -0.2) is 0 Å². The minimum Gasteiger partial charge on any atom is -0.456 e. The summed E-state index contributed by atoms with van der Waals surface area (Å²) in [5, 5.41) is 4.60. The number of furan rings is 1. The molecule has 0 fully saturated rings. The molecule has 13 aromatic carbocycles. The zero-order chi connectivity index (χ0) is 78.1. The van der Waals surface area contributed by atoms with Crippen LogP contribution in [0.5, 0.6) is 0 Å². The maximum Gasteiger partial charge on any atom is 0.252 e. The molecule has 17 rings (SSSR count). The van der Waals surface area contributed by atoms with Crippen LogP contribution in [0.2, 0.25) is 0 Å². The van der Waals surface area contributed by atoms with Crippen LogP contribution in [-0.4, -0.2) is 11.3 Å². The number of anilines is 6. The van der Waals surface area contributed by atoms with Crippen LogP contribution in [0.3, 0.4) is 0 Å². The number of fused-ring (bicyclic) bond motifs is 10. The highest BCUT2D eigenvalue weighted by Crippen LogP contribution is 2.55. The van der Waals surface area contributed by atoms with Crippen molar-refractivity contribution in [2.45, 2.75) is 183 Å². The van der Waals surface area contributed by atoms with Gasteiger partial charge in [-0.15, -0.1) is 0 Å². The summed E-state index contributed by atoms with van der Waals surface area (Å²) in [7, 11) is 0. The van der Waals surface area contributed by atoms with Crippen molar-refractivity contribution in [2.24, 2.45) is 0 Å². The molecule has 554 valence electrons. The van der Waals surface area contributed by atoms with Gasteiger partial charge in [0.1, 0.15) is 11.2 Å². The Kier molecular flexibility index (Phi) is 17.0. The molecule has 4 nitrogen and oxygen atoms in total. The standard InChI is InChI=1S/C106H106BN3O/c1-100(2,3)73-43-47-88-84(59-73)85-60-74(101(4,5)6)44-48-89(85)108(88)80-63-93-98-94(64-80)110(99-82(66-35-27-23-28-36-66)61-79(106(19,20)21)62-83(99)67-37-29-24-30-38-67)91-54-69(71-51-77(104(13,14)15)58-78(52-71)105(16,17)18)42-46-87(91)107(98)86-45-41-68(70-49-75(102(7,8)9)57-76(50-70)103(10,11)12)53-90(86)109(93)92-55-72(65-33-25-22-26-34-65)56-96-97(92)81-39-31-32-40-95(81)111-96/h22-64H,1-21H3. The van der Waals surface area contributed by atoms with Crippen molar-refractivity contribution in [3.63, 3.8) is 0 Å². The first-order valence-electron chi connectivity index (χ1n) is 40.2. The molecular formula is C106H106BN3O. The van der Waals surface area contributed by atoms with E-state index in [1.807, 2.05) is 0 Å². The van der Waals surface area contributed by atoms with Crippen LogP contribution in [0.25, 0.3) is 105 Å². The molecule has 2 aromatic heterocycles. The minimum absolute atomic E-state index is 0.105. The van der Waals surface area contributed by atoms with Gasteiger partial charge in [-0.2, -0.15) is 0 Å². The monoisotopic (exact) mass is 1450 g/mol. The summed E-state index contributed by atoms with van der Waals surface area (Å²) in [4.78, 5) is 5.45. The summed E-state index contributed by atoms with van der Waals surface area (Å²) in [5.41, 5.74) is 35.2. The fraction of sp³-hybridized carbons (Fsp3) is 0.264. The highest BCUT2D eigenvalue weighted by Gasteiger charge is 2.46. The molecule has 4 heterocycles. The Morgan fingerprint density at radius 3 is 1.07 bits per heavy atom. The van der Waals surface area contributed by atoms with Crippen LogP contribution in [0.15, 0.2) is 265 Å². The molecule has 0 bridgehead atoms. The van der Waals surface area contributed by atoms with Gasteiger partial charge >= 0.3 is 0 Å². The third-order valence-corrected chi connectivity index (χ3v) is 24.0. The molecule has 2 aliphatic heterocycles. The highest BCUT2D eigenvalue weighted by atomic mass is 16.3. The predicted molar refractivity (Wildman–Crippen MR) is 480 cm³/mol. The van der Waals surface area contributed by atoms with Crippen LogP contribution in [-0.2, 0) is 37.9 Å². The van der Waals surface area contributed by atoms with E-state index in [9.17, 15) is 0 Å². The van der Waals surface area contributed by atoms with E-state index in [0.29, 0.717) is 0 Å². The normalized spacial score (nSPS) is 13.6. The molecule has 0 spiro atoms. The molecule has 0 atom stereocenters. The van der Waals surface area contributed by atoms with Crippen molar-refractivity contribution in [2.75, 3.05) is 9.80 Å². The molecule has 0 saturated heterocycles.